The lowest BCUT2D eigenvalue weighted by molar-refractivity contribution is 0.882. The van der Waals surface area contributed by atoms with E-state index >= 15 is 0 Å². The molecule has 0 unspecified atom stereocenters. The predicted octanol–water partition coefficient (Wildman–Crippen LogP) is 4.09. The Bertz CT molecular complexity index is 894. The minimum Gasteiger partial charge on any atom is -0.256 e. The van der Waals surface area contributed by atoms with Gasteiger partial charge in [-0.05, 0) is 35.0 Å². The van der Waals surface area contributed by atoms with Gasteiger partial charge in [0.15, 0.2) is 0 Å². The molecule has 21 heavy (non-hydrogen) atoms. The Kier molecular flexibility index (Phi) is 2.75. The Morgan fingerprint density at radius 2 is 1.67 bits per heavy atom. The lowest BCUT2D eigenvalue weighted by atomic mass is 10.1. The fourth-order valence-electron chi connectivity index (χ4n) is 2.45. The molecule has 0 radical (unpaired) electrons. The molecule has 0 bridgehead atoms. The van der Waals surface area contributed by atoms with Crippen LogP contribution >= 0.6 is 0 Å². The minimum absolute atomic E-state index is 0.935. The molecule has 0 aliphatic carbocycles. The van der Waals surface area contributed by atoms with E-state index in [1.165, 1.54) is 10.8 Å². The molecule has 2 aromatic carbocycles. The Hall–Kier alpha value is -2.94. The first-order valence-corrected chi connectivity index (χ1v) is 6.85. The standard InChI is InChI=1S/C18H13N3/c1-2-6-15-11-17(9-8-14(15)5-1)21-13-16(12-20-21)18-7-3-4-10-19-18/h1-13H. The van der Waals surface area contributed by atoms with Crippen LogP contribution in [0.4, 0.5) is 0 Å². The lowest BCUT2D eigenvalue weighted by Gasteiger charge is -2.03. The number of fused-ring (bicyclic) bond motifs is 1. The van der Waals surface area contributed by atoms with Crippen LogP contribution in [0.5, 0.6) is 0 Å². The number of hydrogen-bond acceptors (Lipinski definition) is 2. The molecule has 0 amide bonds. The highest BCUT2D eigenvalue weighted by molar-refractivity contribution is 5.84. The third-order valence-corrected chi connectivity index (χ3v) is 3.54. The summed E-state index contributed by atoms with van der Waals surface area (Å²) in [7, 11) is 0. The zero-order valence-corrected chi connectivity index (χ0v) is 11.3. The molecule has 0 aliphatic heterocycles. The van der Waals surface area contributed by atoms with Crippen molar-refractivity contribution in [3.8, 4) is 16.9 Å². The van der Waals surface area contributed by atoms with Crippen LogP contribution in [-0.4, -0.2) is 14.8 Å². The molecule has 0 fully saturated rings. The zero-order valence-electron chi connectivity index (χ0n) is 11.3. The Balaban J connectivity index is 1.77. The van der Waals surface area contributed by atoms with Crippen LogP contribution in [0.3, 0.4) is 0 Å². The molecule has 100 valence electrons. The molecule has 2 heterocycles. The second-order valence-electron chi connectivity index (χ2n) is 4.92. The van der Waals surface area contributed by atoms with Crippen molar-refractivity contribution in [2.24, 2.45) is 0 Å². The van der Waals surface area contributed by atoms with E-state index in [-0.39, 0.29) is 0 Å². The molecule has 0 N–H and O–H groups in total. The molecular formula is C18H13N3. The van der Waals surface area contributed by atoms with E-state index in [0.717, 1.165) is 16.9 Å². The highest BCUT2D eigenvalue weighted by Gasteiger charge is 2.04. The molecule has 0 spiro atoms. The molecule has 4 aromatic rings. The number of aromatic nitrogens is 3. The van der Waals surface area contributed by atoms with Gasteiger partial charge in [-0.2, -0.15) is 5.10 Å². The van der Waals surface area contributed by atoms with Crippen molar-refractivity contribution in [1.29, 1.82) is 0 Å². The zero-order chi connectivity index (χ0) is 14.1. The van der Waals surface area contributed by atoms with Crippen molar-refractivity contribution in [2.75, 3.05) is 0 Å². The molecule has 4 rings (SSSR count). The largest absolute Gasteiger partial charge is 0.256 e. The van der Waals surface area contributed by atoms with Crippen molar-refractivity contribution < 1.29 is 0 Å². The average molecular weight is 271 g/mol. The highest BCUT2D eigenvalue weighted by Crippen LogP contribution is 2.21. The normalized spacial score (nSPS) is 10.9. The lowest BCUT2D eigenvalue weighted by Crippen LogP contribution is -1.93. The quantitative estimate of drug-likeness (QED) is 0.550. The summed E-state index contributed by atoms with van der Waals surface area (Å²) in [6.45, 7) is 0. The van der Waals surface area contributed by atoms with E-state index in [1.807, 2.05) is 35.3 Å². The van der Waals surface area contributed by atoms with Gasteiger partial charge in [0, 0.05) is 18.0 Å². The van der Waals surface area contributed by atoms with Gasteiger partial charge in [-0.15, -0.1) is 0 Å². The van der Waals surface area contributed by atoms with E-state index in [1.54, 1.807) is 6.20 Å². The summed E-state index contributed by atoms with van der Waals surface area (Å²) >= 11 is 0. The van der Waals surface area contributed by atoms with Crippen LogP contribution in [0.25, 0.3) is 27.7 Å². The van der Waals surface area contributed by atoms with Crippen LogP contribution in [0.2, 0.25) is 0 Å². The minimum atomic E-state index is 0.935. The van der Waals surface area contributed by atoms with Crippen LogP contribution in [0, 0.1) is 0 Å². The number of nitrogens with zero attached hydrogens (tertiary/aromatic N) is 3. The van der Waals surface area contributed by atoms with Gasteiger partial charge < -0.3 is 0 Å². The smallest absolute Gasteiger partial charge is 0.0733 e. The average Bonchev–Trinajstić information content (AvgIpc) is 3.05. The van der Waals surface area contributed by atoms with Crippen molar-refractivity contribution in [3.63, 3.8) is 0 Å². The maximum Gasteiger partial charge on any atom is 0.0733 e. The molecule has 2 aromatic heterocycles. The van der Waals surface area contributed by atoms with Gasteiger partial charge in [0.05, 0.1) is 17.6 Å². The second kappa shape index (κ2) is 4.87. The third-order valence-electron chi connectivity index (χ3n) is 3.54. The third kappa shape index (κ3) is 2.19. The van der Waals surface area contributed by atoms with E-state index < -0.39 is 0 Å². The second-order valence-corrected chi connectivity index (χ2v) is 4.92. The summed E-state index contributed by atoms with van der Waals surface area (Å²) in [6, 6.07) is 20.6. The van der Waals surface area contributed by atoms with Crippen molar-refractivity contribution >= 4 is 10.8 Å². The van der Waals surface area contributed by atoms with Gasteiger partial charge in [0.1, 0.15) is 0 Å². The SMILES string of the molecule is c1ccc(-c2cnn(-c3ccc4ccccc4c3)c2)nc1. The maximum absolute atomic E-state index is 4.45. The number of hydrogen-bond donors (Lipinski definition) is 0. The van der Waals surface area contributed by atoms with Gasteiger partial charge in [0.25, 0.3) is 0 Å². The molecule has 3 heteroatoms. The first kappa shape index (κ1) is 11.9. The fraction of sp³-hybridized carbons (Fsp3) is 0. The van der Waals surface area contributed by atoms with E-state index in [9.17, 15) is 0 Å². The first-order valence-electron chi connectivity index (χ1n) is 6.85. The van der Waals surface area contributed by atoms with E-state index in [0.29, 0.717) is 0 Å². The Labute approximate surface area is 122 Å². The van der Waals surface area contributed by atoms with Crippen LogP contribution in [0.15, 0.2) is 79.3 Å². The van der Waals surface area contributed by atoms with Gasteiger partial charge in [-0.25, -0.2) is 4.68 Å². The van der Waals surface area contributed by atoms with Crippen LogP contribution in [0.1, 0.15) is 0 Å². The summed E-state index contributed by atoms with van der Waals surface area (Å²) in [4.78, 5) is 4.35. The first-order chi connectivity index (χ1) is 10.4. The molecule has 0 atom stereocenters. The van der Waals surface area contributed by atoms with Gasteiger partial charge in [-0.1, -0.05) is 36.4 Å². The topological polar surface area (TPSA) is 30.7 Å². The van der Waals surface area contributed by atoms with Gasteiger partial charge >= 0.3 is 0 Å². The Morgan fingerprint density at radius 1 is 0.810 bits per heavy atom. The van der Waals surface area contributed by atoms with E-state index in [4.69, 9.17) is 0 Å². The Morgan fingerprint density at radius 3 is 2.52 bits per heavy atom. The number of benzene rings is 2. The summed E-state index contributed by atoms with van der Waals surface area (Å²) in [6.07, 6.45) is 5.65. The van der Waals surface area contributed by atoms with Gasteiger partial charge in [0.2, 0.25) is 0 Å². The number of pyridine rings is 1. The summed E-state index contributed by atoms with van der Waals surface area (Å²) in [5.41, 5.74) is 3.00. The molecule has 0 saturated heterocycles. The fourth-order valence-corrected chi connectivity index (χ4v) is 2.45. The molecule has 0 saturated carbocycles. The van der Waals surface area contributed by atoms with Crippen LogP contribution < -0.4 is 0 Å². The van der Waals surface area contributed by atoms with Crippen molar-refractivity contribution in [1.82, 2.24) is 14.8 Å². The summed E-state index contributed by atoms with van der Waals surface area (Å²) in [5.74, 6) is 0. The van der Waals surface area contributed by atoms with Crippen molar-refractivity contribution in [3.05, 3.63) is 79.3 Å². The van der Waals surface area contributed by atoms with E-state index in [2.05, 4.69) is 52.5 Å². The van der Waals surface area contributed by atoms with Crippen LogP contribution in [-0.2, 0) is 0 Å². The van der Waals surface area contributed by atoms with Gasteiger partial charge in [-0.3, -0.25) is 4.98 Å². The summed E-state index contributed by atoms with van der Waals surface area (Å²) in [5, 5.41) is 6.89. The molecule has 0 aliphatic rings. The number of rotatable bonds is 2. The molecule has 3 nitrogen and oxygen atoms in total. The molecular weight excluding hydrogens is 258 g/mol. The monoisotopic (exact) mass is 271 g/mol. The highest BCUT2D eigenvalue weighted by atomic mass is 15.3. The predicted molar refractivity (Wildman–Crippen MR) is 84.3 cm³/mol. The summed E-state index contributed by atoms with van der Waals surface area (Å²) < 4.78 is 1.89. The maximum atomic E-state index is 4.45. The van der Waals surface area contributed by atoms with Crippen molar-refractivity contribution in [2.45, 2.75) is 0 Å².